The molecule has 0 bridgehead atoms. The third kappa shape index (κ3) is 3.80. The number of amides is 1. The molecule has 3 aromatic rings. The van der Waals surface area contributed by atoms with Crippen LogP contribution < -0.4 is 20.3 Å². The quantitative estimate of drug-likeness (QED) is 0.473. The number of para-hydroxylation sites is 1. The molecule has 3 rings (SSSR count). The Morgan fingerprint density at radius 3 is 2.23 bits per heavy atom. The Morgan fingerprint density at radius 2 is 1.63 bits per heavy atom. The summed E-state index contributed by atoms with van der Waals surface area (Å²) in [6, 6.07) is 8.86. The van der Waals surface area contributed by atoms with Gasteiger partial charge in [0.15, 0.2) is 11.5 Å². The van der Waals surface area contributed by atoms with Gasteiger partial charge in [-0.3, -0.25) is 14.4 Å². The molecule has 8 heteroatoms. The lowest BCUT2D eigenvalue weighted by Gasteiger charge is -2.17. The fourth-order valence-electron chi connectivity index (χ4n) is 3.51. The number of pyridine rings is 1. The smallest absolute Gasteiger partial charge is 0.306 e. The number of hydrogen-bond acceptors (Lipinski definition) is 6. The van der Waals surface area contributed by atoms with Crippen molar-refractivity contribution in [1.29, 1.82) is 0 Å². The summed E-state index contributed by atoms with van der Waals surface area (Å²) >= 11 is 0. The number of rotatable bonds is 7. The van der Waals surface area contributed by atoms with Crippen molar-refractivity contribution in [3.63, 3.8) is 0 Å². The van der Waals surface area contributed by atoms with E-state index in [1.807, 2.05) is 13.0 Å². The zero-order valence-corrected chi connectivity index (χ0v) is 17.4. The number of aromatic nitrogens is 1. The molecule has 0 saturated heterocycles. The summed E-state index contributed by atoms with van der Waals surface area (Å²) in [5.41, 5.74) is 0.909. The van der Waals surface area contributed by atoms with E-state index in [4.69, 9.17) is 9.47 Å². The van der Waals surface area contributed by atoms with Crippen molar-refractivity contribution >= 4 is 39.2 Å². The van der Waals surface area contributed by atoms with E-state index in [0.717, 1.165) is 5.39 Å². The van der Waals surface area contributed by atoms with Crippen LogP contribution in [-0.4, -0.2) is 37.8 Å². The van der Waals surface area contributed by atoms with E-state index in [1.54, 1.807) is 28.8 Å². The van der Waals surface area contributed by atoms with Crippen LogP contribution in [0.3, 0.4) is 0 Å². The summed E-state index contributed by atoms with van der Waals surface area (Å²) in [7, 11) is 4.33. The summed E-state index contributed by atoms with van der Waals surface area (Å²) in [6.45, 7) is 2.28. The third-order valence-corrected chi connectivity index (χ3v) is 4.97. The monoisotopic (exact) mass is 412 g/mol. The molecule has 0 spiro atoms. The lowest BCUT2D eigenvalue weighted by atomic mass is 10.0. The molecule has 1 heterocycles. The molecule has 8 nitrogen and oxygen atoms in total. The fourth-order valence-corrected chi connectivity index (χ4v) is 3.51. The van der Waals surface area contributed by atoms with E-state index < -0.39 is 5.97 Å². The molecule has 1 amide bonds. The molecular formula is C22H24N2O6. The van der Waals surface area contributed by atoms with E-state index in [-0.39, 0.29) is 24.3 Å². The van der Waals surface area contributed by atoms with E-state index in [2.05, 4.69) is 10.1 Å². The van der Waals surface area contributed by atoms with E-state index in [9.17, 15) is 14.4 Å². The number of nitrogens with zero attached hydrogens (tertiary/aromatic N) is 1. The van der Waals surface area contributed by atoms with Crippen LogP contribution in [0.25, 0.3) is 21.7 Å². The minimum atomic E-state index is -0.458. The van der Waals surface area contributed by atoms with Crippen molar-refractivity contribution in [1.82, 2.24) is 4.57 Å². The standard InChI is InChI=1S/C22H24N2O6/c1-5-24-21-13(7-6-8-16(21)23-19(25)9-10-20(26)30-4)14-11-17(28-2)18(29-3)12-15(14)22(24)27/h6-8,11-12H,5,9-10H2,1-4H3,(H,23,25). The van der Waals surface area contributed by atoms with Gasteiger partial charge in [0.1, 0.15) is 0 Å². The predicted molar refractivity (Wildman–Crippen MR) is 114 cm³/mol. The molecule has 0 atom stereocenters. The number of carbonyl (C=O) groups excluding carboxylic acids is 2. The van der Waals surface area contributed by atoms with E-state index in [0.29, 0.717) is 40.0 Å². The van der Waals surface area contributed by atoms with Crippen LogP contribution in [0.2, 0.25) is 0 Å². The Balaban J connectivity index is 2.20. The van der Waals surface area contributed by atoms with Crippen molar-refractivity contribution in [3.05, 3.63) is 40.7 Å². The molecule has 0 unspecified atom stereocenters. The summed E-state index contributed by atoms with van der Waals surface area (Å²) in [5.74, 6) is 0.180. The van der Waals surface area contributed by atoms with Crippen LogP contribution in [0.1, 0.15) is 19.8 Å². The molecule has 0 fully saturated rings. The topological polar surface area (TPSA) is 95.9 Å². The van der Waals surface area contributed by atoms with Gasteiger partial charge in [0.25, 0.3) is 5.56 Å². The van der Waals surface area contributed by atoms with Crippen molar-refractivity contribution in [2.75, 3.05) is 26.6 Å². The average Bonchev–Trinajstić information content (AvgIpc) is 2.77. The van der Waals surface area contributed by atoms with Gasteiger partial charge in [-0.05, 0) is 25.1 Å². The first-order valence-corrected chi connectivity index (χ1v) is 9.53. The summed E-state index contributed by atoms with van der Waals surface area (Å²) < 4.78 is 16.9. The first kappa shape index (κ1) is 21.2. The highest BCUT2D eigenvalue weighted by Crippen LogP contribution is 2.36. The number of ether oxygens (including phenoxy) is 3. The predicted octanol–water partition coefficient (Wildman–Crippen LogP) is 3.08. The number of benzene rings is 2. The second kappa shape index (κ2) is 8.86. The molecule has 1 N–H and O–H groups in total. The molecule has 0 radical (unpaired) electrons. The van der Waals surface area contributed by atoms with E-state index in [1.165, 1.54) is 21.3 Å². The fraction of sp³-hybridized carbons (Fsp3) is 0.318. The lowest BCUT2D eigenvalue weighted by molar-refractivity contribution is -0.141. The molecule has 30 heavy (non-hydrogen) atoms. The maximum atomic E-state index is 13.2. The highest BCUT2D eigenvalue weighted by atomic mass is 16.5. The Bertz CT molecular complexity index is 1180. The molecule has 0 aliphatic rings. The second-order valence-electron chi connectivity index (χ2n) is 6.63. The van der Waals surface area contributed by atoms with Crippen LogP contribution in [-0.2, 0) is 20.9 Å². The number of methoxy groups -OCH3 is 3. The zero-order chi connectivity index (χ0) is 21.8. The van der Waals surface area contributed by atoms with Crippen LogP contribution in [0.5, 0.6) is 11.5 Å². The number of carbonyl (C=O) groups is 2. The Morgan fingerprint density at radius 1 is 0.967 bits per heavy atom. The molecule has 0 saturated carbocycles. The van der Waals surface area contributed by atoms with Crippen molar-refractivity contribution in [3.8, 4) is 11.5 Å². The van der Waals surface area contributed by atoms with Crippen LogP contribution >= 0.6 is 0 Å². The minimum Gasteiger partial charge on any atom is -0.493 e. The first-order valence-electron chi connectivity index (χ1n) is 9.53. The highest BCUT2D eigenvalue weighted by molar-refractivity contribution is 6.12. The summed E-state index contributed by atoms with van der Waals surface area (Å²) in [5, 5.41) is 4.80. The molecule has 0 aliphatic heterocycles. The molecular weight excluding hydrogens is 388 g/mol. The largest absolute Gasteiger partial charge is 0.493 e. The van der Waals surface area contributed by atoms with Gasteiger partial charge >= 0.3 is 5.97 Å². The van der Waals surface area contributed by atoms with Crippen LogP contribution in [0.15, 0.2) is 35.1 Å². The Hall–Kier alpha value is -3.55. The highest BCUT2D eigenvalue weighted by Gasteiger charge is 2.17. The number of nitrogens with one attached hydrogen (secondary N) is 1. The number of esters is 1. The SMILES string of the molecule is CCn1c(=O)c2cc(OC)c(OC)cc2c2cccc(NC(=O)CCC(=O)OC)c21. The van der Waals surface area contributed by atoms with Crippen molar-refractivity contribution in [2.24, 2.45) is 0 Å². The van der Waals surface area contributed by atoms with E-state index >= 15 is 0 Å². The lowest BCUT2D eigenvalue weighted by Crippen LogP contribution is -2.22. The Labute approximate surface area is 173 Å². The van der Waals surface area contributed by atoms with Gasteiger partial charge in [-0.1, -0.05) is 12.1 Å². The number of anilines is 1. The Kier molecular flexibility index (Phi) is 6.25. The number of aryl methyl sites for hydroxylation is 1. The van der Waals surface area contributed by atoms with Gasteiger partial charge in [0, 0.05) is 23.7 Å². The van der Waals surface area contributed by atoms with Crippen molar-refractivity contribution in [2.45, 2.75) is 26.3 Å². The molecule has 0 aliphatic carbocycles. The van der Waals surface area contributed by atoms with Gasteiger partial charge in [0.2, 0.25) is 5.91 Å². The molecule has 1 aromatic heterocycles. The van der Waals surface area contributed by atoms with Gasteiger partial charge < -0.3 is 24.1 Å². The second-order valence-corrected chi connectivity index (χ2v) is 6.63. The summed E-state index contributed by atoms with van der Waals surface area (Å²) in [4.78, 5) is 36.9. The third-order valence-electron chi connectivity index (χ3n) is 4.97. The summed E-state index contributed by atoms with van der Waals surface area (Å²) in [6.07, 6.45) is -0.0361. The maximum absolute atomic E-state index is 13.2. The normalized spacial score (nSPS) is 10.8. The minimum absolute atomic E-state index is 0.0159. The number of hydrogen-bond donors (Lipinski definition) is 1. The van der Waals surface area contributed by atoms with Crippen molar-refractivity contribution < 1.29 is 23.8 Å². The van der Waals surface area contributed by atoms with Crippen LogP contribution in [0, 0.1) is 0 Å². The van der Waals surface area contributed by atoms with Crippen LogP contribution in [0.4, 0.5) is 5.69 Å². The van der Waals surface area contributed by atoms with Gasteiger partial charge in [-0.15, -0.1) is 0 Å². The first-order chi connectivity index (χ1) is 14.4. The molecule has 2 aromatic carbocycles. The maximum Gasteiger partial charge on any atom is 0.306 e. The zero-order valence-electron chi connectivity index (χ0n) is 17.4. The average molecular weight is 412 g/mol. The van der Waals surface area contributed by atoms with Gasteiger partial charge in [-0.25, -0.2) is 0 Å². The molecule has 158 valence electrons. The van der Waals surface area contributed by atoms with Gasteiger partial charge in [0.05, 0.1) is 44.3 Å². The van der Waals surface area contributed by atoms with Gasteiger partial charge in [-0.2, -0.15) is 0 Å². The number of fused-ring (bicyclic) bond motifs is 3.